The Morgan fingerprint density at radius 2 is 2.06 bits per heavy atom. The minimum absolute atomic E-state index is 0.502. The highest BCUT2D eigenvalue weighted by atomic mass is 15.2. The lowest BCUT2D eigenvalue weighted by molar-refractivity contribution is 0.378. The van der Waals surface area contributed by atoms with Gasteiger partial charge < -0.3 is 9.88 Å². The molecule has 1 aromatic rings. The summed E-state index contributed by atoms with van der Waals surface area (Å²) >= 11 is 0. The van der Waals surface area contributed by atoms with Crippen molar-refractivity contribution in [3.63, 3.8) is 0 Å². The number of anilines is 1. The van der Waals surface area contributed by atoms with Crippen LogP contribution in [0.1, 0.15) is 64.8 Å². The normalized spacial score (nSPS) is 27.8. The van der Waals surface area contributed by atoms with Gasteiger partial charge in [-0.05, 0) is 37.5 Å². The van der Waals surface area contributed by atoms with Crippen molar-refractivity contribution >= 4 is 5.95 Å². The summed E-state index contributed by atoms with van der Waals surface area (Å²) in [5.74, 6) is 1.10. The van der Waals surface area contributed by atoms with Crippen LogP contribution in [0.15, 0.2) is 12.4 Å². The second kappa shape index (κ2) is 4.60. The zero-order chi connectivity index (χ0) is 12.6. The predicted molar refractivity (Wildman–Crippen MR) is 74.8 cm³/mol. The highest BCUT2D eigenvalue weighted by Gasteiger charge is 2.31. The van der Waals surface area contributed by atoms with Gasteiger partial charge in [-0.2, -0.15) is 0 Å². The minimum atomic E-state index is 0.502. The predicted octanol–water partition coefficient (Wildman–Crippen LogP) is 3.99. The number of hydrogen-bond acceptors (Lipinski definition) is 2. The third-order valence-electron chi connectivity index (χ3n) is 4.69. The Bertz CT molecular complexity index is 402. The molecule has 0 spiro atoms. The quantitative estimate of drug-likeness (QED) is 0.875. The van der Waals surface area contributed by atoms with E-state index in [9.17, 15) is 0 Å². The number of imidazole rings is 1. The molecule has 2 saturated carbocycles. The smallest absolute Gasteiger partial charge is 0.203 e. The zero-order valence-electron chi connectivity index (χ0n) is 11.7. The number of hydrogen-bond donors (Lipinski definition) is 1. The highest BCUT2D eigenvalue weighted by molar-refractivity contribution is 5.29. The molecule has 1 aromatic heterocycles. The minimum Gasteiger partial charge on any atom is -0.353 e. The first-order valence-electron chi connectivity index (χ1n) is 7.43. The molecule has 0 aromatic carbocycles. The fraction of sp³-hybridized carbons (Fsp3) is 0.800. The van der Waals surface area contributed by atoms with Crippen molar-refractivity contribution in [3.05, 3.63) is 12.4 Å². The third kappa shape index (κ3) is 2.40. The van der Waals surface area contributed by atoms with Crippen LogP contribution in [0, 0.1) is 5.41 Å². The Balaban J connectivity index is 1.68. The van der Waals surface area contributed by atoms with Crippen LogP contribution >= 0.6 is 0 Å². The molecule has 1 heterocycles. The van der Waals surface area contributed by atoms with Crippen LogP contribution in [-0.4, -0.2) is 15.6 Å². The SMILES string of the molecule is CC1(C)CCC(Nc2nccn2C2CCCC2)C1. The van der Waals surface area contributed by atoms with Gasteiger partial charge in [-0.1, -0.05) is 26.7 Å². The Morgan fingerprint density at radius 1 is 1.28 bits per heavy atom. The van der Waals surface area contributed by atoms with E-state index < -0.39 is 0 Å². The van der Waals surface area contributed by atoms with E-state index in [0.717, 1.165) is 5.95 Å². The van der Waals surface area contributed by atoms with Crippen LogP contribution in [0.4, 0.5) is 5.95 Å². The molecule has 18 heavy (non-hydrogen) atoms. The summed E-state index contributed by atoms with van der Waals surface area (Å²) in [5.41, 5.74) is 0.502. The van der Waals surface area contributed by atoms with Crippen molar-refractivity contribution < 1.29 is 0 Å². The molecule has 1 N–H and O–H groups in total. The summed E-state index contributed by atoms with van der Waals surface area (Å²) in [6.45, 7) is 4.75. The van der Waals surface area contributed by atoms with Crippen LogP contribution < -0.4 is 5.32 Å². The molecule has 2 fully saturated rings. The molecule has 2 aliphatic rings. The molecular weight excluding hydrogens is 222 g/mol. The van der Waals surface area contributed by atoms with Crippen molar-refractivity contribution in [1.29, 1.82) is 0 Å². The average Bonchev–Trinajstić information content (AvgIpc) is 2.99. The lowest BCUT2D eigenvalue weighted by Crippen LogP contribution is -2.21. The third-order valence-corrected chi connectivity index (χ3v) is 4.69. The average molecular weight is 247 g/mol. The first-order valence-corrected chi connectivity index (χ1v) is 7.43. The summed E-state index contributed by atoms with van der Waals surface area (Å²) in [7, 11) is 0. The van der Waals surface area contributed by atoms with E-state index >= 15 is 0 Å². The lowest BCUT2D eigenvalue weighted by Gasteiger charge is -2.20. The van der Waals surface area contributed by atoms with Crippen molar-refractivity contribution in [1.82, 2.24) is 9.55 Å². The molecule has 1 unspecified atom stereocenters. The summed E-state index contributed by atoms with van der Waals surface area (Å²) in [5, 5.41) is 3.67. The van der Waals surface area contributed by atoms with Crippen LogP contribution in [0.2, 0.25) is 0 Å². The summed E-state index contributed by atoms with van der Waals surface area (Å²) in [6.07, 6.45) is 13.4. The lowest BCUT2D eigenvalue weighted by atomic mass is 9.92. The Kier molecular flexibility index (Phi) is 3.08. The molecule has 0 aliphatic heterocycles. The van der Waals surface area contributed by atoms with Gasteiger partial charge in [0.25, 0.3) is 0 Å². The van der Waals surface area contributed by atoms with Crippen molar-refractivity contribution in [2.75, 3.05) is 5.32 Å². The van der Waals surface area contributed by atoms with Gasteiger partial charge in [0.1, 0.15) is 0 Å². The van der Waals surface area contributed by atoms with Gasteiger partial charge in [0.05, 0.1) is 0 Å². The molecule has 0 bridgehead atoms. The molecule has 0 saturated heterocycles. The topological polar surface area (TPSA) is 29.9 Å². The molecule has 0 amide bonds. The number of nitrogens with one attached hydrogen (secondary N) is 1. The van der Waals surface area contributed by atoms with Gasteiger partial charge in [0, 0.05) is 24.5 Å². The van der Waals surface area contributed by atoms with E-state index in [0.29, 0.717) is 17.5 Å². The first kappa shape index (κ1) is 12.1. The van der Waals surface area contributed by atoms with E-state index in [1.165, 1.54) is 44.9 Å². The Hall–Kier alpha value is -0.990. The highest BCUT2D eigenvalue weighted by Crippen LogP contribution is 2.39. The maximum Gasteiger partial charge on any atom is 0.203 e. The van der Waals surface area contributed by atoms with Crippen LogP contribution in [0.25, 0.3) is 0 Å². The van der Waals surface area contributed by atoms with E-state index in [-0.39, 0.29) is 0 Å². The second-order valence-electron chi connectivity index (χ2n) is 6.84. The molecule has 3 heteroatoms. The van der Waals surface area contributed by atoms with Gasteiger partial charge in [0.2, 0.25) is 5.95 Å². The summed E-state index contributed by atoms with van der Waals surface area (Å²) < 4.78 is 2.37. The number of nitrogens with zero attached hydrogens (tertiary/aromatic N) is 2. The number of aromatic nitrogens is 2. The van der Waals surface area contributed by atoms with Crippen molar-refractivity contribution in [2.24, 2.45) is 5.41 Å². The van der Waals surface area contributed by atoms with Crippen LogP contribution in [0.5, 0.6) is 0 Å². The molecule has 3 rings (SSSR count). The Labute approximate surface area is 110 Å². The monoisotopic (exact) mass is 247 g/mol. The Morgan fingerprint density at radius 3 is 2.72 bits per heavy atom. The molecule has 2 aliphatic carbocycles. The first-order chi connectivity index (χ1) is 8.64. The molecule has 1 atom stereocenters. The maximum atomic E-state index is 4.52. The molecular formula is C15H25N3. The molecule has 0 radical (unpaired) electrons. The summed E-state index contributed by atoms with van der Waals surface area (Å²) in [4.78, 5) is 4.52. The van der Waals surface area contributed by atoms with Gasteiger partial charge in [-0.3, -0.25) is 0 Å². The largest absolute Gasteiger partial charge is 0.353 e. The number of rotatable bonds is 3. The molecule has 100 valence electrons. The summed E-state index contributed by atoms with van der Waals surface area (Å²) in [6, 6.07) is 1.30. The van der Waals surface area contributed by atoms with Crippen LogP contribution in [-0.2, 0) is 0 Å². The van der Waals surface area contributed by atoms with Crippen LogP contribution in [0.3, 0.4) is 0 Å². The second-order valence-corrected chi connectivity index (χ2v) is 6.84. The molecule has 3 nitrogen and oxygen atoms in total. The fourth-order valence-corrected chi connectivity index (χ4v) is 3.64. The van der Waals surface area contributed by atoms with Gasteiger partial charge in [-0.15, -0.1) is 0 Å². The van der Waals surface area contributed by atoms with E-state index in [2.05, 4.69) is 34.9 Å². The fourth-order valence-electron chi connectivity index (χ4n) is 3.64. The van der Waals surface area contributed by atoms with Crippen molar-refractivity contribution in [2.45, 2.75) is 70.9 Å². The standard InChI is InChI=1S/C15H25N3/c1-15(2)8-7-12(11-15)17-14-16-9-10-18(14)13-5-3-4-6-13/h9-10,12-13H,3-8,11H2,1-2H3,(H,16,17). The van der Waals surface area contributed by atoms with E-state index in [1.807, 2.05) is 6.20 Å². The maximum absolute atomic E-state index is 4.52. The van der Waals surface area contributed by atoms with Gasteiger partial charge in [0.15, 0.2) is 0 Å². The van der Waals surface area contributed by atoms with Crippen molar-refractivity contribution in [3.8, 4) is 0 Å². The van der Waals surface area contributed by atoms with Gasteiger partial charge in [-0.25, -0.2) is 4.98 Å². The van der Waals surface area contributed by atoms with Gasteiger partial charge >= 0.3 is 0 Å². The zero-order valence-corrected chi connectivity index (χ0v) is 11.7. The van der Waals surface area contributed by atoms with E-state index in [4.69, 9.17) is 0 Å². The van der Waals surface area contributed by atoms with E-state index in [1.54, 1.807) is 0 Å².